The van der Waals surface area contributed by atoms with Crippen LogP contribution in [0.2, 0.25) is 0 Å². The van der Waals surface area contributed by atoms with Crippen molar-refractivity contribution in [3.8, 4) is 0 Å². The largest absolute Gasteiger partial charge is 0.253 e. The molecule has 0 heterocycles. The van der Waals surface area contributed by atoms with Crippen molar-refractivity contribution >= 4 is 13.1 Å². The van der Waals surface area contributed by atoms with Gasteiger partial charge in [-0.25, -0.2) is 4.99 Å². The molecule has 0 radical (unpaired) electrons. The monoisotopic (exact) mass is 108 g/mol. The second kappa shape index (κ2) is 5.82. The first kappa shape index (κ1) is 6.82. The molecule has 0 aliphatic carbocycles. The quantitative estimate of drug-likeness (QED) is 0.297. The lowest BCUT2D eigenvalue weighted by Gasteiger charge is -1.68. The normalized spacial score (nSPS) is 10.5. The van der Waals surface area contributed by atoms with E-state index in [4.69, 9.17) is 0 Å². The smallest absolute Gasteiger partial charge is 0.114 e. The number of aliphatic imine (C=N–C) groups is 2. The molecule has 2 heteroatoms. The lowest BCUT2D eigenvalue weighted by Crippen LogP contribution is -1.56. The molecule has 8 heavy (non-hydrogen) atoms. The van der Waals surface area contributed by atoms with Gasteiger partial charge in [0.25, 0.3) is 0 Å². The maximum Gasteiger partial charge on any atom is 0.114 e. The van der Waals surface area contributed by atoms with Crippen LogP contribution in [0.1, 0.15) is 0 Å². The summed E-state index contributed by atoms with van der Waals surface area (Å²) in [6.07, 6.45) is 6.30. The summed E-state index contributed by atoms with van der Waals surface area (Å²) in [6, 6.07) is 0. The van der Waals surface area contributed by atoms with Crippen LogP contribution < -0.4 is 0 Å². The van der Waals surface area contributed by atoms with Crippen LogP contribution in [0.5, 0.6) is 0 Å². The van der Waals surface area contributed by atoms with Gasteiger partial charge in [0.15, 0.2) is 0 Å². The first-order valence-corrected chi connectivity index (χ1v) is 2.17. The maximum absolute atomic E-state index is 3.67. The van der Waals surface area contributed by atoms with Gasteiger partial charge in [-0.1, -0.05) is 12.7 Å². The van der Waals surface area contributed by atoms with Crippen molar-refractivity contribution in [1.82, 2.24) is 0 Å². The molecule has 0 bridgehead atoms. The first-order chi connectivity index (χ1) is 3.91. The van der Waals surface area contributed by atoms with Gasteiger partial charge < -0.3 is 0 Å². The molecule has 0 atom stereocenters. The minimum absolute atomic E-state index is 1.36. The van der Waals surface area contributed by atoms with E-state index in [0.29, 0.717) is 0 Å². The van der Waals surface area contributed by atoms with E-state index < -0.39 is 0 Å². The molecule has 0 fully saturated rings. The lowest BCUT2D eigenvalue weighted by molar-refractivity contribution is 1.56. The van der Waals surface area contributed by atoms with Crippen molar-refractivity contribution in [3.05, 3.63) is 24.9 Å². The Labute approximate surface area is 49.0 Å². The fourth-order valence-electron chi connectivity index (χ4n) is 0.196. The molecule has 2 nitrogen and oxygen atoms in total. The Morgan fingerprint density at radius 1 is 1.38 bits per heavy atom. The predicted octanol–water partition coefficient (Wildman–Crippen LogP) is 1.41. The Balaban J connectivity index is 3.41. The van der Waals surface area contributed by atoms with E-state index in [2.05, 4.69) is 23.3 Å². The summed E-state index contributed by atoms with van der Waals surface area (Å²) < 4.78 is 0. The standard InChI is InChI=1S/C6H8N2/c1-3-4-5-8-6-7-2/h3-6H,1-2H2/b5-4-,8-6?. The van der Waals surface area contributed by atoms with E-state index in [0.717, 1.165) is 0 Å². The van der Waals surface area contributed by atoms with Gasteiger partial charge in [-0.2, -0.15) is 0 Å². The molecule has 0 aliphatic rings. The van der Waals surface area contributed by atoms with Crippen molar-refractivity contribution in [2.75, 3.05) is 0 Å². The molecule has 42 valence electrons. The predicted molar refractivity (Wildman–Crippen MR) is 37.4 cm³/mol. The van der Waals surface area contributed by atoms with Gasteiger partial charge in [-0.3, -0.25) is 4.99 Å². The SMILES string of the molecule is C=C/C=C\N=CN=C. The minimum Gasteiger partial charge on any atom is -0.253 e. The van der Waals surface area contributed by atoms with Crippen LogP contribution >= 0.6 is 0 Å². The van der Waals surface area contributed by atoms with Gasteiger partial charge in [-0.05, 0) is 12.8 Å². The van der Waals surface area contributed by atoms with E-state index in [9.17, 15) is 0 Å². The van der Waals surface area contributed by atoms with Gasteiger partial charge >= 0.3 is 0 Å². The molecule has 0 aromatic carbocycles. The topological polar surface area (TPSA) is 24.7 Å². The van der Waals surface area contributed by atoms with Crippen LogP contribution in [0, 0.1) is 0 Å². The number of hydrogen-bond acceptors (Lipinski definition) is 1. The molecule has 0 N–H and O–H groups in total. The van der Waals surface area contributed by atoms with Gasteiger partial charge in [0.1, 0.15) is 6.34 Å². The van der Waals surface area contributed by atoms with E-state index in [1.54, 1.807) is 18.4 Å². The summed E-state index contributed by atoms with van der Waals surface area (Å²) in [5.41, 5.74) is 0. The number of hydrogen-bond donors (Lipinski definition) is 0. The van der Waals surface area contributed by atoms with Crippen LogP contribution in [0.25, 0.3) is 0 Å². The van der Waals surface area contributed by atoms with Crippen molar-refractivity contribution in [2.24, 2.45) is 9.98 Å². The minimum atomic E-state index is 1.36. The van der Waals surface area contributed by atoms with Gasteiger partial charge in [-0.15, -0.1) is 0 Å². The van der Waals surface area contributed by atoms with Crippen LogP contribution in [0.4, 0.5) is 0 Å². The molecule has 0 aromatic rings. The van der Waals surface area contributed by atoms with Crippen LogP contribution in [-0.2, 0) is 0 Å². The Hall–Kier alpha value is -1.18. The van der Waals surface area contributed by atoms with E-state index in [1.165, 1.54) is 6.34 Å². The second-order valence-corrected chi connectivity index (χ2v) is 1.02. The summed E-state index contributed by atoms with van der Waals surface area (Å²) in [7, 11) is 0. The second-order valence-electron chi connectivity index (χ2n) is 1.02. The van der Waals surface area contributed by atoms with Crippen LogP contribution in [0.3, 0.4) is 0 Å². The number of allylic oxidation sites excluding steroid dienone is 2. The average molecular weight is 108 g/mol. The molecule has 0 saturated heterocycles. The zero-order chi connectivity index (χ0) is 6.24. The fraction of sp³-hybridized carbons (Fsp3) is 0. The maximum atomic E-state index is 3.67. The van der Waals surface area contributed by atoms with Crippen molar-refractivity contribution in [2.45, 2.75) is 0 Å². The highest BCUT2D eigenvalue weighted by Crippen LogP contribution is 1.72. The molecule has 0 aliphatic heterocycles. The van der Waals surface area contributed by atoms with Crippen molar-refractivity contribution < 1.29 is 0 Å². The molecule has 0 aromatic heterocycles. The number of rotatable bonds is 3. The third-order valence-electron chi connectivity index (χ3n) is 0.457. The average Bonchev–Trinajstić information content (AvgIpc) is 1.81. The van der Waals surface area contributed by atoms with Gasteiger partial charge in [0.05, 0.1) is 0 Å². The lowest BCUT2D eigenvalue weighted by atomic mass is 10.6. The van der Waals surface area contributed by atoms with E-state index in [1.807, 2.05) is 0 Å². The first-order valence-electron chi connectivity index (χ1n) is 2.17. The summed E-state index contributed by atoms with van der Waals surface area (Å²) in [4.78, 5) is 7.05. The molecule has 0 saturated carbocycles. The molecular formula is C6H8N2. The number of nitrogens with zero attached hydrogens (tertiary/aromatic N) is 2. The Morgan fingerprint density at radius 3 is 2.62 bits per heavy atom. The summed E-state index contributed by atoms with van der Waals surface area (Å²) in [6.45, 7) is 6.65. The molecular weight excluding hydrogens is 100 g/mol. The Bertz CT molecular complexity index is 106. The van der Waals surface area contributed by atoms with Crippen molar-refractivity contribution in [3.63, 3.8) is 0 Å². The highest BCUT2D eigenvalue weighted by atomic mass is 14.8. The van der Waals surface area contributed by atoms with Crippen molar-refractivity contribution in [1.29, 1.82) is 0 Å². The Kier molecular flexibility index (Phi) is 4.96. The summed E-state index contributed by atoms with van der Waals surface area (Å²) in [5.74, 6) is 0. The third kappa shape index (κ3) is 4.82. The third-order valence-corrected chi connectivity index (χ3v) is 0.457. The van der Waals surface area contributed by atoms with Gasteiger partial charge in [0.2, 0.25) is 0 Å². The molecule has 0 rings (SSSR count). The van der Waals surface area contributed by atoms with Crippen LogP contribution in [-0.4, -0.2) is 13.1 Å². The van der Waals surface area contributed by atoms with Gasteiger partial charge in [0, 0.05) is 6.20 Å². The summed E-state index contributed by atoms with van der Waals surface area (Å²) >= 11 is 0. The van der Waals surface area contributed by atoms with E-state index >= 15 is 0 Å². The fourth-order valence-corrected chi connectivity index (χ4v) is 0.196. The van der Waals surface area contributed by atoms with Crippen LogP contribution in [0.15, 0.2) is 34.9 Å². The zero-order valence-electron chi connectivity index (χ0n) is 4.62. The summed E-state index contributed by atoms with van der Waals surface area (Å²) in [5, 5.41) is 0. The molecule has 0 amide bonds. The molecule has 0 spiro atoms. The highest BCUT2D eigenvalue weighted by Gasteiger charge is 1.54. The zero-order valence-corrected chi connectivity index (χ0v) is 4.62. The molecule has 0 unspecified atom stereocenters. The highest BCUT2D eigenvalue weighted by molar-refractivity contribution is 5.62. The Morgan fingerprint density at radius 2 is 2.12 bits per heavy atom. The van der Waals surface area contributed by atoms with E-state index in [-0.39, 0.29) is 0 Å².